The summed E-state index contributed by atoms with van der Waals surface area (Å²) in [5.74, 6) is -0.736. The molecule has 0 saturated heterocycles. The Morgan fingerprint density at radius 3 is 2.18 bits per heavy atom. The van der Waals surface area contributed by atoms with Crippen molar-refractivity contribution in [3.05, 3.63) is 75.6 Å². The first-order chi connectivity index (χ1) is 15.2. The molecule has 8 heteroatoms. The zero-order valence-electron chi connectivity index (χ0n) is 20.3. The van der Waals surface area contributed by atoms with Crippen molar-refractivity contribution >= 4 is 21.6 Å². The number of aryl methyl sites for hydroxylation is 2. The summed E-state index contributed by atoms with van der Waals surface area (Å²) in [5, 5.41) is 4.70. The number of carbonyl (C=O) groups is 1. The van der Waals surface area contributed by atoms with Crippen LogP contribution < -0.4 is 10.5 Å². The van der Waals surface area contributed by atoms with E-state index in [0.717, 1.165) is 27.8 Å². The van der Waals surface area contributed by atoms with E-state index in [1.165, 1.54) is 18.2 Å². The van der Waals surface area contributed by atoms with Gasteiger partial charge in [-0.1, -0.05) is 32.9 Å². The number of hydrogen-bond donors (Lipinski definition) is 2. The van der Waals surface area contributed by atoms with Gasteiger partial charge in [0.25, 0.3) is 15.9 Å². The third-order valence-electron chi connectivity index (χ3n) is 6.01. The van der Waals surface area contributed by atoms with Crippen LogP contribution in [0, 0.1) is 27.7 Å². The average Bonchev–Trinajstić information content (AvgIpc) is 3.14. The highest BCUT2D eigenvalue weighted by Crippen LogP contribution is 2.26. The van der Waals surface area contributed by atoms with Crippen molar-refractivity contribution in [2.24, 2.45) is 0 Å². The minimum atomic E-state index is -4.10. The van der Waals surface area contributed by atoms with Gasteiger partial charge in [0.1, 0.15) is 5.69 Å². The summed E-state index contributed by atoms with van der Waals surface area (Å²) in [6.45, 7) is 14.6. The molecule has 0 spiro atoms. The second kappa shape index (κ2) is 8.67. The number of nitrogen functional groups attached to an aromatic ring is 1. The summed E-state index contributed by atoms with van der Waals surface area (Å²) in [5.41, 5.74) is 12.2. The Bertz CT molecular complexity index is 1310. The molecule has 0 aliphatic rings. The molecular formula is C25H32N4O3S. The maximum absolute atomic E-state index is 13.2. The lowest BCUT2D eigenvalue weighted by atomic mass is 9.92. The maximum atomic E-state index is 13.2. The van der Waals surface area contributed by atoms with Crippen LogP contribution in [0.15, 0.2) is 41.3 Å². The second-order valence-electron chi connectivity index (χ2n) is 9.57. The number of nitrogens with zero attached hydrogens (tertiary/aromatic N) is 2. The standard InChI is InChI=1S/C25H32N4O3S/c1-15-11-16(2)18(4)21(17(15)3)14-29-22(13-23(27-29)25(5,6)7)24(30)28-33(31,32)20-10-8-9-19(26)12-20/h8-13H,14,26H2,1-7H3,(H,28,30). The first kappa shape index (κ1) is 24.5. The van der Waals surface area contributed by atoms with Crippen LogP contribution in [0.3, 0.4) is 0 Å². The molecule has 0 radical (unpaired) electrons. The predicted molar refractivity (Wildman–Crippen MR) is 131 cm³/mol. The average molecular weight is 469 g/mol. The lowest BCUT2D eigenvalue weighted by Crippen LogP contribution is -2.32. The van der Waals surface area contributed by atoms with Crippen LogP contribution in [0.5, 0.6) is 0 Å². The van der Waals surface area contributed by atoms with Gasteiger partial charge in [-0.25, -0.2) is 13.1 Å². The highest BCUT2D eigenvalue weighted by molar-refractivity contribution is 7.90. The number of carbonyl (C=O) groups excluding carboxylic acids is 1. The molecule has 7 nitrogen and oxygen atoms in total. The summed E-state index contributed by atoms with van der Waals surface area (Å²) in [7, 11) is -4.10. The Morgan fingerprint density at radius 2 is 1.64 bits per heavy atom. The first-order valence-electron chi connectivity index (χ1n) is 10.8. The van der Waals surface area contributed by atoms with Gasteiger partial charge in [0.2, 0.25) is 0 Å². The fourth-order valence-electron chi connectivity index (χ4n) is 3.69. The predicted octanol–water partition coefficient (Wildman–Crippen LogP) is 4.16. The summed E-state index contributed by atoms with van der Waals surface area (Å²) in [6.07, 6.45) is 0. The fraction of sp³-hybridized carbons (Fsp3) is 0.360. The molecule has 1 aromatic heterocycles. The molecule has 3 rings (SSSR count). The third-order valence-corrected chi connectivity index (χ3v) is 7.33. The van der Waals surface area contributed by atoms with Gasteiger partial charge in [-0.2, -0.15) is 5.10 Å². The van der Waals surface area contributed by atoms with Crippen molar-refractivity contribution in [1.29, 1.82) is 0 Å². The SMILES string of the molecule is Cc1cc(C)c(C)c(Cn2nc(C(C)(C)C)cc2C(=O)NS(=O)(=O)c2cccc(N)c2)c1C. The van der Waals surface area contributed by atoms with Gasteiger partial charge in [-0.05, 0) is 79.8 Å². The van der Waals surface area contributed by atoms with E-state index in [1.807, 2.05) is 20.8 Å². The van der Waals surface area contributed by atoms with Crippen LogP contribution in [0.4, 0.5) is 5.69 Å². The highest BCUT2D eigenvalue weighted by atomic mass is 32.2. The Labute approximate surface area is 196 Å². The molecule has 0 saturated carbocycles. The van der Waals surface area contributed by atoms with Gasteiger partial charge < -0.3 is 5.73 Å². The van der Waals surface area contributed by atoms with Gasteiger partial charge >= 0.3 is 0 Å². The molecule has 1 amide bonds. The number of sulfonamides is 1. The Balaban J connectivity index is 2.06. The first-order valence-corrected chi connectivity index (χ1v) is 12.3. The molecule has 0 fully saturated rings. The van der Waals surface area contributed by atoms with Gasteiger partial charge in [0.15, 0.2) is 0 Å². The molecule has 3 N–H and O–H groups in total. The summed E-state index contributed by atoms with van der Waals surface area (Å²) in [6, 6.07) is 9.63. The van der Waals surface area contributed by atoms with Crippen molar-refractivity contribution in [3.63, 3.8) is 0 Å². The van der Waals surface area contributed by atoms with Crippen LogP contribution in [0.2, 0.25) is 0 Å². The number of anilines is 1. The van der Waals surface area contributed by atoms with Crippen molar-refractivity contribution in [2.75, 3.05) is 5.73 Å². The van der Waals surface area contributed by atoms with Crippen LogP contribution >= 0.6 is 0 Å². The monoisotopic (exact) mass is 468 g/mol. The van der Waals surface area contributed by atoms with Crippen LogP contribution in [0.1, 0.15) is 64.8 Å². The van der Waals surface area contributed by atoms with Crippen LogP contribution in [-0.2, 0) is 22.0 Å². The molecular weight excluding hydrogens is 436 g/mol. The zero-order valence-corrected chi connectivity index (χ0v) is 21.1. The number of nitrogens with two attached hydrogens (primary N) is 1. The minimum absolute atomic E-state index is 0.0704. The van der Waals surface area contributed by atoms with Gasteiger partial charge in [0.05, 0.1) is 17.1 Å². The quantitative estimate of drug-likeness (QED) is 0.547. The molecule has 33 heavy (non-hydrogen) atoms. The van der Waals surface area contributed by atoms with E-state index in [2.05, 4.69) is 38.5 Å². The molecule has 0 atom stereocenters. The lowest BCUT2D eigenvalue weighted by Gasteiger charge is -2.17. The maximum Gasteiger partial charge on any atom is 0.283 e. The van der Waals surface area contributed by atoms with E-state index in [0.29, 0.717) is 17.9 Å². The van der Waals surface area contributed by atoms with Crippen molar-refractivity contribution in [2.45, 2.75) is 65.3 Å². The van der Waals surface area contributed by atoms with E-state index in [4.69, 9.17) is 10.8 Å². The Morgan fingerprint density at radius 1 is 1.03 bits per heavy atom. The van der Waals surface area contributed by atoms with Gasteiger partial charge in [0, 0.05) is 11.1 Å². The molecule has 176 valence electrons. The number of benzene rings is 2. The molecule has 0 aliphatic heterocycles. The normalized spacial score (nSPS) is 12.1. The number of hydrogen-bond acceptors (Lipinski definition) is 5. The largest absolute Gasteiger partial charge is 0.399 e. The number of nitrogens with one attached hydrogen (secondary N) is 1. The highest BCUT2D eigenvalue weighted by Gasteiger charge is 2.27. The molecule has 0 bridgehead atoms. The summed E-state index contributed by atoms with van der Waals surface area (Å²) < 4.78 is 29.4. The van der Waals surface area contributed by atoms with E-state index < -0.39 is 15.9 Å². The van der Waals surface area contributed by atoms with Crippen molar-refractivity contribution < 1.29 is 13.2 Å². The third kappa shape index (κ3) is 5.11. The van der Waals surface area contributed by atoms with Crippen LogP contribution in [-0.4, -0.2) is 24.1 Å². The summed E-state index contributed by atoms with van der Waals surface area (Å²) in [4.78, 5) is 13.1. The molecule has 3 aromatic rings. The Hall–Kier alpha value is -3.13. The number of amides is 1. The molecule has 2 aromatic carbocycles. The topological polar surface area (TPSA) is 107 Å². The molecule has 1 heterocycles. The fourth-order valence-corrected chi connectivity index (χ4v) is 4.70. The van der Waals surface area contributed by atoms with Crippen molar-refractivity contribution in [3.8, 4) is 0 Å². The minimum Gasteiger partial charge on any atom is -0.399 e. The molecule has 0 unspecified atom stereocenters. The van der Waals surface area contributed by atoms with E-state index in [1.54, 1.807) is 16.8 Å². The van der Waals surface area contributed by atoms with E-state index in [9.17, 15) is 13.2 Å². The van der Waals surface area contributed by atoms with Gasteiger partial charge in [-0.3, -0.25) is 9.48 Å². The Kier molecular flexibility index (Phi) is 6.44. The van der Waals surface area contributed by atoms with Crippen LogP contribution in [0.25, 0.3) is 0 Å². The van der Waals surface area contributed by atoms with E-state index >= 15 is 0 Å². The summed E-state index contributed by atoms with van der Waals surface area (Å²) >= 11 is 0. The number of aromatic nitrogens is 2. The number of rotatable bonds is 5. The van der Waals surface area contributed by atoms with E-state index in [-0.39, 0.29) is 16.0 Å². The van der Waals surface area contributed by atoms with Gasteiger partial charge in [-0.15, -0.1) is 0 Å². The molecule has 0 aliphatic carbocycles. The second-order valence-corrected chi connectivity index (χ2v) is 11.3. The lowest BCUT2D eigenvalue weighted by molar-refractivity contribution is 0.0971. The smallest absolute Gasteiger partial charge is 0.283 e. The van der Waals surface area contributed by atoms with Crippen molar-refractivity contribution in [1.82, 2.24) is 14.5 Å². The zero-order chi connectivity index (χ0) is 24.7.